The Morgan fingerprint density at radius 1 is 1.32 bits per heavy atom. The van der Waals surface area contributed by atoms with E-state index in [0.29, 0.717) is 25.1 Å². The Kier molecular flexibility index (Phi) is 4.48. The van der Waals surface area contributed by atoms with Crippen molar-refractivity contribution >= 4 is 0 Å². The zero-order valence-corrected chi connectivity index (χ0v) is 12.9. The molecule has 0 bridgehead atoms. The summed E-state index contributed by atoms with van der Waals surface area (Å²) >= 11 is 0. The fraction of sp³-hybridized carbons (Fsp3) is 0.647. The second kappa shape index (κ2) is 6.22. The first-order chi connectivity index (χ1) is 10.6. The van der Waals surface area contributed by atoms with Crippen LogP contribution < -0.4 is 0 Å². The number of hydrogen-bond acceptors (Lipinski definition) is 3. The number of likely N-dealkylation sites (tertiary alicyclic amines) is 1. The van der Waals surface area contributed by atoms with Gasteiger partial charge in [0.15, 0.2) is 11.6 Å². The summed E-state index contributed by atoms with van der Waals surface area (Å²) in [5, 5.41) is 10.2. The summed E-state index contributed by atoms with van der Waals surface area (Å²) in [6.45, 7) is 4.60. The van der Waals surface area contributed by atoms with Crippen LogP contribution >= 0.6 is 0 Å². The molecule has 3 nitrogen and oxygen atoms in total. The third-order valence-corrected chi connectivity index (χ3v) is 5.32. The zero-order chi connectivity index (χ0) is 15.7. The molecule has 22 heavy (non-hydrogen) atoms. The first-order valence-electron chi connectivity index (χ1n) is 8.01. The second-order valence-electron chi connectivity index (χ2n) is 6.42. The number of aliphatic hydroxyl groups is 1. The molecule has 1 spiro atoms. The van der Waals surface area contributed by atoms with E-state index in [1.807, 2.05) is 6.92 Å². The third-order valence-electron chi connectivity index (χ3n) is 5.32. The van der Waals surface area contributed by atoms with Crippen LogP contribution in [0.25, 0.3) is 0 Å². The number of nitrogens with zero attached hydrogens (tertiary/aromatic N) is 1. The van der Waals surface area contributed by atoms with Crippen molar-refractivity contribution in [3.63, 3.8) is 0 Å². The lowest BCUT2D eigenvalue weighted by Gasteiger charge is -2.56. The fourth-order valence-electron chi connectivity index (χ4n) is 3.86. The quantitative estimate of drug-likeness (QED) is 0.928. The second-order valence-corrected chi connectivity index (χ2v) is 6.42. The molecule has 0 amide bonds. The standard InChI is InChI=1S/C17H23F2NO2/c1-2-22-15-10-14(21)17(15)6-8-20(9-7-17)11-12-4-3-5-13(18)16(12)19/h3-5,14-15,21H,2,6-11H2,1H3. The predicted molar refractivity (Wildman–Crippen MR) is 79.3 cm³/mol. The molecule has 0 aromatic heterocycles. The van der Waals surface area contributed by atoms with Gasteiger partial charge in [0.25, 0.3) is 0 Å². The van der Waals surface area contributed by atoms with E-state index in [0.717, 1.165) is 32.0 Å². The Balaban J connectivity index is 1.61. The monoisotopic (exact) mass is 311 g/mol. The van der Waals surface area contributed by atoms with Crippen LogP contribution in [0.1, 0.15) is 31.7 Å². The fourth-order valence-corrected chi connectivity index (χ4v) is 3.86. The van der Waals surface area contributed by atoms with Crippen molar-refractivity contribution < 1.29 is 18.6 Å². The topological polar surface area (TPSA) is 32.7 Å². The van der Waals surface area contributed by atoms with Crippen LogP contribution in [-0.2, 0) is 11.3 Å². The highest BCUT2D eigenvalue weighted by Crippen LogP contribution is 2.51. The van der Waals surface area contributed by atoms with Crippen LogP contribution in [0.2, 0.25) is 0 Å². The molecule has 1 aliphatic heterocycles. The number of piperidine rings is 1. The van der Waals surface area contributed by atoms with Gasteiger partial charge >= 0.3 is 0 Å². The van der Waals surface area contributed by atoms with Crippen molar-refractivity contribution in [1.29, 1.82) is 0 Å². The van der Waals surface area contributed by atoms with E-state index in [4.69, 9.17) is 4.74 Å². The number of ether oxygens (including phenoxy) is 1. The smallest absolute Gasteiger partial charge is 0.163 e. The van der Waals surface area contributed by atoms with Crippen molar-refractivity contribution in [2.24, 2.45) is 5.41 Å². The van der Waals surface area contributed by atoms with Gasteiger partial charge in [0.1, 0.15) is 0 Å². The van der Waals surface area contributed by atoms with E-state index in [1.54, 1.807) is 12.1 Å². The predicted octanol–water partition coefficient (Wildman–Crippen LogP) is 2.72. The lowest BCUT2D eigenvalue weighted by molar-refractivity contribution is -0.209. The van der Waals surface area contributed by atoms with E-state index < -0.39 is 11.6 Å². The Labute approximate surface area is 129 Å². The highest BCUT2D eigenvalue weighted by atomic mass is 19.2. The largest absolute Gasteiger partial charge is 0.392 e. The molecule has 1 aromatic carbocycles. The van der Waals surface area contributed by atoms with Crippen LogP contribution in [0.15, 0.2) is 18.2 Å². The highest BCUT2D eigenvalue weighted by Gasteiger charge is 2.55. The first kappa shape index (κ1) is 15.8. The molecule has 122 valence electrons. The van der Waals surface area contributed by atoms with E-state index in [1.165, 1.54) is 0 Å². The molecule has 3 rings (SSSR count). The highest BCUT2D eigenvalue weighted by molar-refractivity contribution is 5.19. The summed E-state index contributed by atoms with van der Waals surface area (Å²) in [5.41, 5.74) is 0.263. The molecular weight excluding hydrogens is 288 g/mol. The van der Waals surface area contributed by atoms with Gasteiger partial charge in [0.05, 0.1) is 12.2 Å². The van der Waals surface area contributed by atoms with Crippen molar-refractivity contribution in [2.75, 3.05) is 19.7 Å². The average molecular weight is 311 g/mol. The minimum atomic E-state index is -0.795. The van der Waals surface area contributed by atoms with Crippen molar-refractivity contribution in [3.05, 3.63) is 35.4 Å². The molecule has 1 heterocycles. The molecule has 5 heteroatoms. The maximum Gasteiger partial charge on any atom is 0.163 e. The Morgan fingerprint density at radius 3 is 2.68 bits per heavy atom. The summed E-state index contributed by atoms with van der Waals surface area (Å²) in [6.07, 6.45) is 2.25. The van der Waals surface area contributed by atoms with Crippen molar-refractivity contribution in [3.8, 4) is 0 Å². The lowest BCUT2D eigenvalue weighted by atomic mass is 9.58. The molecule has 1 aromatic rings. The van der Waals surface area contributed by atoms with Gasteiger partial charge in [0.2, 0.25) is 0 Å². The van der Waals surface area contributed by atoms with Gasteiger partial charge in [-0.3, -0.25) is 4.90 Å². The summed E-state index contributed by atoms with van der Waals surface area (Å²) in [6, 6.07) is 4.31. The summed E-state index contributed by atoms with van der Waals surface area (Å²) in [7, 11) is 0. The lowest BCUT2D eigenvalue weighted by Crippen LogP contribution is -2.62. The molecule has 0 radical (unpaired) electrons. The van der Waals surface area contributed by atoms with E-state index in [2.05, 4.69) is 4.90 Å². The third kappa shape index (κ3) is 2.66. The summed E-state index contributed by atoms with van der Waals surface area (Å²) < 4.78 is 32.8. The molecular formula is C17H23F2NO2. The molecule has 1 saturated carbocycles. The van der Waals surface area contributed by atoms with E-state index in [9.17, 15) is 13.9 Å². The average Bonchev–Trinajstić information content (AvgIpc) is 2.52. The van der Waals surface area contributed by atoms with Crippen LogP contribution in [0, 0.1) is 17.0 Å². The molecule has 1 aliphatic carbocycles. The molecule has 2 aliphatic rings. The van der Waals surface area contributed by atoms with Gasteiger partial charge in [-0.15, -0.1) is 0 Å². The summed E-state index contributed by atoms with van der Waals surface area (Å²) in [5.74, 6) is -1.55. The maximum atomic E-state index is 13.7. The molecule has 1 saturated heterocycles. The van der Waals surface area contributed by atoms with Gasteiger partial charge in [-0.1, -0.05) is 12.1 Å². The number of benzene rings is 1. The molecule has 2 atom stereocenters. The maximum absolute atomic E-state index is 13.7. The number of halogens is 2. The van der Waals surface area contributed by atoms with Crippen LogP contribution in [-0.4, -0.2) is 41.9 Å². The van der Waals surface area contributed by atoms with Gasteiger partial charge in [-0.05, 0) is 38.9 Å². The van der Waals surface area contributed by atoms with Crippen LogP contribution in [0.4, 0.5) is 8.78 Å². The Morgan fingerprint density at radius 2 is 2.05 bits per heavy atom. The molecule has 1 N–H and O–H groups in total. The van der Waals surface area contributed by atoms with Gasteiger partial charge in [-0.2, -0.15) is 0 Å². The Bertz CT molecular complexity index is 527. The number of rotatable bonds is 4. The molecule has 2 fully saturated rings. The van der Waals surface area contributed by atoms with Gasteiger partial charge in [0, 0.05) is 30.6 Å². The van der Waals surface area contributed by atoms with E-state index in [-0.39, 0.29) is 17.6 Å². The SMILES string of the molecule is CCOC1CC(O)C12CCN(Cc1cccc(F)c1F)CC2. The minimum Gasteiger partial charge on any atom is -0.392 e. The van der Waals surface area contributed by atoms with E-state index >= 15 is 0 Å². The zero-order valence-electron chi connectivity index (χ0n) is 12.9. The van der Waals surface area contributed by atoms with Gasteiger partial charge in [-0.25, -0.2) is 8.78 Å². The summed E-state index contributed by atoms with van der Waals surface area (Å²) in [4.78, 5) is 2.12. The minimum absolute atomic E-state index is 0.132. The van der Waals surface area contributed by atoms with Crippen molar-refractivity contribution in [2.45, 2.75) is 44.9 Å². The first-order valence-corrected chi connectivity index (χ1v) is 8.01. The number of aliphatic hydroxyl groups excluding tert-OH is 1. The van der Waals surface area contributed by atoms with Gasteiger partial charge < -0.3 is 9.84 Å². The number of hydrogen-bond donors (Lipinski definition) is 1. The van der Waals surface area contributed by atoms with Crippen LogP contribution in [0.3, 0.4) is 0 Å². The molecule has 2 unspecified atom stereocenters. The Hall–Kier alpha value is -1.04. The van der Waals surface area contributed by atoms with Crippen LogP contribution in [0.5, 0.6) is 0 Å². The normalized spacial score (nSPS) is 27.8. The van der Waals surface area contributed by atoms with Crippen molar-refractivity contribution in [1.82, 2.24) is 4.90 Å².